The summed E-state index contributed by atoms with van der Waals surface area (Å²) in [6.45, 7) is 8.06. The largest absolute Gasteiger partial charge is 0.492 e. The zero-order chi connectivity index (χ0) is 19.2. The lowest BCUT2D eigenvalue weighted by Crippen LogP contribution is -2.52. The van der Waals surface area contributed by atoms with Gasteiger partial charge in [-0.05, 0) is 50.2 Å². The molecular weight excluding hydrogens is 406 g/mol. The SMILES string of the molecule is CCOc1ccccc1N1CCN(C(C)C(=O)Nc2ccc(Br)cc2)CC1. The number of amides is 1. The van der Waals surface area contributed by atoms with Gasteiger partial charge < -0.3 is 15.0 Å². The summed E-state index contributed by atoms with van der Waals surface area (Å²) in [7, 11) is 0. The molecule has 0 spiro atoms. The Labute approximate surface area is 169 Å². The maximum atomic E-state index is 12.6. The molecule has 2 aromatic rings. The number of halogens is 1. The summed E-state index contributed by atoms with van der Waals surface area (Å²) in [4.78, 5) is 17.2. The third kappa shape index (κ3) is 5.02. The second-order valence-electron chi connectivity index (χ2n) is 6.60. The van der Waals surface area contributed by atoms with Gasteiger partial charge in [0.2, 0.25) is 5.91 Å². The first-order valence-electron chi connectivity index (χ1n) is 9.35. The molecule has 1 aliphatic heterocycles. The second-order valence-corrected chi connectivity index (χ2v) is 7.51. The first-order valence-corrected chi connectivity index (χ1v) is 10.1. The number of nitrogens with one attached hydrogen (secondary N) is 1. The van der Waals surface area contributed by atoms with Crippen molar-refractivity contribution in [1.82, 2.24) is 4.90 Å². The molecule has 1 atom stereocenters. The second kappa shape index (κ2) is 9.24. The standard InChI is InChI=1S/C21H26BrN3O2/c1-3-27-20-7-5-4-6-19(20)25-14-12-24(13-15-25)16(2)21(26)23-18-10-8-17(22)9-11-18/h4-11,16H,3,12-15H2,1-2H3,(H,23,26). The van der Waals surface area contributed by atoms with Gasteiger partial charge in [0.15, 0.2) is 0 Å². The number of rotatable bonds is 6. The van der Waals surface area contributed by atoms with Gasteiger partial charge in [-0.15, -0.1) is 0 Å². The van der Waals surface area contributed by atoms with Crippen molar-refractivity contribution in [3.05, 3.63) is 53.0 Å². The van der Waals surface area contributed by atoms with Gasteiger partial charge in [-0.1, -0.05) is 28.1 Å². The highest BCUT2D eigenvalue weighted by atomic mass is 79.9. The van der Waals surface area contributed by atoms with Gasteiger partial charge in [0.25, 0.3) is 0 Å². The van der Waals surface area contributed by atoms with E-state index in [1.165, 1.54) is 0 Å². The molecule has 144 valence electrons. The number of nitrogens with zero attached hydrogens (tertiary/aromatic N) is 2. The molecule has 0 saturated carbocycles. The molecule has 1 fully saturated rings. The van der Waals surface area contributed by atoms with E-state index in [1.54, 1.807) is 0 Å². The molecule has 0 bridgehead atoms. The van der Waals surface area contributed by atoms with Crippen LogP contribution in [0.2, 0.25) is 0 Å². The molecular formula is C21H26BrN3O2. The van der Waals surface area contributed by atoms with Gasteiger partial charge in [-0.25, -0.2) is 0 Å². The van der Waals surface area contributed by atoms with Crippen LogP contribution in [-0.2, 0) is 4.79 Å². The fourth-order valence-electron chi connectivity index (χ4n) is 3.29. The van der Waals surface area contributed by atoms with Crippen LogP contribution in [-0.4, -0.2) is 49.6 Å². The molecule has 5 nitrogen and oxygen atoms in total. The van der Waals surface area contributed by atoms with Crippen molar-refractivity contribution in [2.24, 2.45) is 0 Å². The number of hydrogen-bond donors (Lipinski definition) is 1. The summed E-state index contributed by atoms with van der Waals surface area (Å²) in [6, 6.07) is 15.6. The summed E-state index contributed by atoms with van der Waals surface area (Å²) >= 11 is 3.41. The third-order valence-corrected chi connectivity index (χ3v) is 5.39. The highest BCUT2D eigenvalue weighted by Crippen LogP contribution is 2.29. The minimum Gasteiger partial charge on any atom is -0.492 e. The van der Waals surface area contributed by atoms with Crippen LogP contribution < -0.4 is 15.0 Å². The molecule has 1 saturated heterocycles. The van der Waals surface area contributed by atoms with Crippen LogP contribution in [0.15, 0.2) is 53.0 Å². The fourth-order valence-corrected chi connectivity index (χ4v) is 3.56. The van der Waals surface area contributed by atoms with Crippen molar-refractivity contribution in [3.63, 3.8) is 0 Å². The number of carbonyl (C=O) groups excluding carboxylic acids is 1. The minimum absolute atomic E-state index is 0.0282. The molecule has 1 heterocycles. The van der Waals surface area contributed by atoms with Crippen LogP contribution in [0, 0.1) is 0 Å². The zero-order valence-corrected chi connectivity index (χ0v) is 17.4. The minimum atomic E-state index is -0.169. The van der Waals surface area contributed by atoms with Crippen molar-refractivity contribution in [2.75, 3.05) is 43.0 Å². The van der Waals surface area contributed by atoms with E-state index < -0.39 is 0 Å². The Balaban J connectivity index is 1.57. The van der Waals surface area contributed by atoms with Gasteiger partial charge in [0, 0.05) is 36.3 Å². The number of benzene rings is 2. The molecule has 2 aromatic carbocycles. The average Bonchev–Trinajstić information content (AvgIpc) is 2.70. The summed E-state index contributed by atoms with van der Waals surface area (Å²) in [5.74, 6) is 0.954. The van der Waals surface area contributed by atoms with Crippen LogP contribution in [0.3, 0.4) is 0 Å². The molecule has 1 amide bonds. The fraction of sp³-hybridized carbons (Fsp3) is 0.381. The lowest BCUT2D eigenvalue weighted by atomic mass is 10.2. The Kier molecular flexibility index (Phi) is 6.74. The van der Waals surface area contributed by atoms with E-state index in [9.17, 15) is 4.79 Å². The molecule has 1 N–H and O–H groups in total. The number of hydrogen-bond acceptors (Lipinski definition) is 4. The van der Waals surface area contributed by atoms with Crippen molar-refractivity contribution in [1.29, 1.82) is 0 Å². The first-order chi connectivity index (χ1) is 13.1. The normalized spacial score (nSPS) is 16.0. The highest BCUT2D eigenvalue weighted by Gasteiger charge is 2.26. The van der Waals surface area contributed by atoms with Gasteiger partial charge in [-0.2, -0.15) is 0 Å². The lowest BCUT2D eigenvalue weighted by molar-refractivity contribution is -0.120. The van der Waals surface area contributed by atoms with E-state index in [-0.39, 0.29) is 11.9 Å². The molecule has 1 unspecified atom stereocenters. The van der Waals surface area contributed by atoms with E-state index in [0.717, 1.165) is 47.8 Å². The molecule has 27 heavy (non-hydrogen) atoms. The van der Waals surface area contributed by atoms with Crippen molar-refractivity contribution < 1.29 is 9.53 Å². The van der Waals surface area contributed by atoms with Crippen LogP contribution in [0.4, 0.5) is 11.4 Å². The Morgan fingerprint density at radius 1 is 1.11 bits per heavy atom. The number of carbonyl (C=O) groups is 1. The number of para-hydroxylation sites is 2. The van der Waals surface area contributed by atoms with Crippen molar-refractivity contribution in [2.45, 2.75) is 19.9 Å². The molecule has 0 radical (unpaired) electrons. The van der Waals surface area contributed by atoms with Crippen LogP contribution >= 0.6 is 15.9 Å². The van der Waals surface area contributed by atoms with Gasteiger partial charge in [0.05, 0.1) is 18.3 Å². The van der Waals surface area contributed by atoms with Crippen molar-refractivity contribution in [3.8, 4) is 5.75 Å². The highest BCUT2D eigenvalue weighted by molar-refractivity contribution is 9.10. The number of anilines is 2. The Morgan fingerprint density at radius 3 is 2.44 bits per heavy atom. The summed E-state index contributed by atoms with van der Waals surface area (Å²) in [6.07, 6.45) is 0. The molecule has 1 aliphatic rings. The van der Waals surface area contributed by atoms with Crippen LogP contribution in [0.25, 0.3) is 0 Å². The van der Waals surface area contributed by atoms with E-state index in [0.29, 0.717) is 6.61 Å². The van der Waals surface area contributed by atoms with Crippen LogP contribution in [0.5, 0.6) is 5.75 Å². The quantitative estimate of drug-likeness (QED) is 0.750. The van der Waals surface area contributed by atoms with Gasteiger partial charge >= 0.3 is 0 Å². The third-order valence-electron chi connectivity index (χ3n) is 4.86. The molecule has 3 rings (SSSR count). The Hall–Kier alpha value is -2.05. The van der Waals surface area contributed by atoms with Crippen molar-refractivity contribution >= 4 is 33.2 Å². The van der Waals surface area contributed by atoms with Crippen LogP contribution in [0.1, 0.15) is 13.8 Å². The lowest BCUT2D eigenvalue weighted by Gasteiger charge is -2.39. The summed E-state index contributed by atoms with van der Waals surface area (Å²) < 4.78 is 6.75. The predicted molar refractivity (Wildman–Crippen MR) is 114 cm³/mol. The summed E-state index contributed by atoms with van der Waals surface area (Å²) in [5, 5.41) is 3.00. The first kappa shape index (κ1) is 19.7. The monoisotopic (exact) mass is 431 g/mol. The van der Waals surface area contributed by atoms with E-state index >= 15 is 0 Å². The Morgan fingerprint density at radius 2 is 1.78 bits per heavy atom. The predicted octanol–water partition coefficient (Wildman–Crippen LogP) is 4.00. The molecule has 0 aromatic heterocycles. The average molecular weight is 432 g/mol. The van der Waals surface area contributed by atoms with E-state index in [2.05, 4.69) is 37.1 Å². The zero-order valence-electron chi connectivity index (χ0n) is 15.8. The molecule has 0 aliphatic carbocycles. The topological polar surface area (TPSA) is 44.8 Å². The van der Waals surface area contributed by atoms with Gasteiger partial charge in [-0.3, -0.25) is 9.69 Å². The number of piperazine rings is 1. The van der Waals surface area contributed by atoms with E-state index in [4.69, 9.17) is 4.74 Å². The molecule has 6 heteroatoms. The number of ether oxygens (including phenoxy) is 1. The Bertz CT molecular complexity index is 758. The smallest absolute Gasteiger partial charge is 0.241 e. The van der Waals surface area contributed by atoms with E-state index in [1.807, 2.05) is 56.3 Å². The summed E-state index contributed by atoms with van der Waals surface area (Å²) in [5.41, 5.74) is 1.95. The maximum absolute atomic E-state index is 12.6. The maximum Gasteiger partial charge on any atom is 0.241 e. The van der Waals surface area contributed by atoms with Gasteiger partial charge in [0.1, 0.15) is 5.75 Å².